The van der Waals surface area contributed by atoms with Crippen LogP contribution < -0.4 is 10.2 Å². The number of rotatable bonds is 1. The molecule has 0 radical (unpaired) electrons. The number of para-hydroxylation sites is 1. The normalized spacial score (nSPS) is 17.2. The number of benzene rings is 3. The van der Waals surface area contributed by atoms with Gasteiger partial charge in [-0.25, -0.2) is 4.99 Å². The number of hydrogen-bond acceptors (Lipinski definition) is 4. The maximum Gasteiger partial charge on any atom is 0.261 e. The third-order valence-corrected chi connectivity index (χ3v) is 5.28. The Hall–Kier alpha value is -3.73. The Kier molecular flexibility index (Phi) is 3.84. The molecule has 5 rings (SSSR count). The Morgan fingerprint density at radius 3 is 2.17 bits per heavy atom. The van der Waals surface area contributed by atoms with Crippen LogP contribution in [0.25, 0.3) is 0 Å². The first-order chi connectivity index (χ1) is 14.0. The monoisotopic (exact) mass is 381 g/mol. The number of Topliss-reactive ketones (excluding diaryl/α,β-unsaturated/α-hetero) is 1. The zero-order valence-electron chi connectivity index (χ0n) is 16.1. The highest BCUT2D eigenvalue weighted by Crippen LogP contribution is 2.35. The average molecular weight is 381 g/mol. The number of nitrogens with zero attached hydrogens (tertiary/aromatic N) is 2. The molecule has 5 nitrogen and oxygen atoms in total. The molecule has 1 amide bonds. The van der Waals surface area contributed by atoms with Crippen LogP contribution in [0.5, 0.6) is 0 Å². The van der Waals surface area contributed by atoms with Gasteiger partial charge in [-0.2, -0.15) is 0 Å². The number of fused-ring (bicyclic) bond motifs is 4. The molecule has 0 bridgehead atoms. The number of carbonyl (C=O) groups is 2. The Bertz CT molecular complexity index is 1190. The first kappa shape index (κ1) is 17.4. The summed E-state index contributed by atoms with van der Waals surface area (Å²) in [6.07, 6.45) is -0.902. The largest absolute Gasteiger partial charge is 0.340 e. The van der Waals surface area contributed by atoms with Crippen molar-refractivity contribution in [1.29, 1.82) is 0 Å². The number of aliphatic imine (C=N–C) groups is 1. The summed E-state index contributed by atoms with van der Waals surface area (Å²) in [6.45, 7) is 4.08. The minimum Gasteiger partial charge on any atom is -0.340 e. The average Bonchev–Trinajstić information content (AvgIpc) is 2.71. The molecule has 1 atom stereocenters. The summed E-state index contributed by atoms with van der Waals surface area (Å²) >= 11 is 0. The fourth-order valence-corrected chi connectivity index (χ4v) is 4.10. The number of amidine groups is 1. The highest BCUT2D eigenvalue weighted by molar-refractivity contribution is 6.27. The lowest BCUT2D eigenvalue weighted by atomic mass is 9.93. The Morgan fingerprint density at radius 1 is 0.828 bits per heavy atom. The Balaban J connectivity index is 1.66. The maximum atomic E-state index is 13.2. The number of ketones is 1. The van der Waals surface area contributed by atoms with Crippen LogP contribution >= 0.6 is 0 Å². The fraction of sp³-hybridized carbons (Fsp3) is 0.125. The van der Waals surface area contributed by atoms with Crippen molar-refractivity contribution in [3.05, 3.63) is 94.5 Å². The molecule has 0 aromatic heterocycles. The maximum absolute atomic E-state index is 13.2. The Morgan fingerprint density at radius 2 is 1.45 bits per heavy atom. The summed E-state index contributed by atoms with van der Waals surface area (Å²) < 4.78 is 0. The van der Waals surface area contributed by atoms with E-state index in [4.69, 9.17) is 4.99 Å². The second kappa shape index (κ2) is 6.41. The van der Waals surface area contributed by atoms with Gasteiger partial charge in [0.2, 0.25) is 5.78 Å². The van der Waals surface area contributed by atoms with Gasteiger partial charge < -0.3 is 5.32 Å². The molecule has 29 heavy (non-hydrogen) atoms. The van der Waals surface area contributed by atoms with Crippen molar-refractivity contribution in [2.45, 2.75) is 20.0 Å². The molecule has 0 aliphatic carbocycles. The minimum absolute atomic E-state index is 0.172. The molecule has 0 saturated heterocycles. The van der Waals surface area contributed by atoms with E-state index >= 15 is 0 Å². The highest BCUT2D eigenvalue weighted by Gasteiger charge is 2.43. The van der Waals surface area contributed by atoms with Crippen LogP contribution in [0.1, 0.15) is 37.4 Å². The van der Waals surface area contributed by atoms with Crippen molar-refractivity contribution in [2.75, 3.05) is 10.2 Å². The number of nitrogens with one attached hydrogen (secondary N) is 1. The van der Waals surface area contributed by atoms with Crippen LogP contribution in [0.4, 0.5) is 11.4 Å². The second-order valence-electron chi connectivity index (χ2n) is 7.45. The van der Waals surface area contributed by atoms with E-state index in [9.17, 15) is 9.59 Å². The van der Waals surface area contributed by atoms with Gasteiger partial charge in [0.15, 0.2) is 6.17 Å². The molecule has 0 saturated carbocycles. The second-order valence-corrected chi connectivity index (χ2v) is 7.45. The summed E-state index contributed by atoms with van der Waals surface area (Å²) in [5.41, 5.74) is 5.50. The minimum atomic E-state index is -0.902. The predicted molar refractivity (Wildman–Crippen MR) is 114 cm³/mol. The van der Waals surface area contributed by atoms with E-state index < -0.39 is 6.17 Å². The summed E-state index contributed by atoms with van der Waals surface area (Å²) in [5, 5.41) is 3.37. The van der Waals surface area contributed by atoms with E-state index in [0.717, 1.165) is 22.4 Å². The molecule has 0 fully saturated rings. The van der Waals surface area contributed by atoms with Crippen LogP contribution in [0.15, 0.2) is 71.7 Å². The first-order valence-corrected chi connectivity index (χ1v) is 9.52. The Labute approximate surface area is 168 Å². The molecular formula is C24H19N3O2. The van der Waals surface area contributed by atoms with Gasteiger partial charge in [-0.15, -0.1) is 0 Å². The van der Waals surface area contributed by atoms with Gasteiger partial charge in [-0.1, -0.05) is 36.4 Å². The molecule has 2 aliphatic heterocycles. The van der Waals surface area contributed by atoms with E-state index in [1.54, 1.807) is 24.3 Å². The zero-order chi connectivity index (χ0) is 20.1. The van der Waals surface area contributed by atoms with Gasteiger partial charge in [-0.05, 0) is 55.3 Å². The number of aryl methyl sites for hydroxylation is 2. The van der Waals surface area contributed by atoms with E-state index in [0.29, 0.717) is 22.6 Å². The summed E-state index contributed by atoms with van der Waals surface area (Å²) in [5.74, 6) is 0.216. The third-order valence-electron chi connectivity index (χ3n) is 5.28. The predicted octanol–water partition coefficient (Wildman–Crippen LogP) is 4.34. The van der Waals surface area contributed by atoms with E-state index in [-0.39, 0.29) is 11.7 Å². The topological polar surface area (TPSA) is 61.8 Å². The smallest absolute Gasteiger partial charge is 0.261 e. The van der Waals surface area contributed by atoms with Gasteiger partial charge >= 0.3 is 0 Å². The van der Waals surface area contributed by atoms with Crippen LogP contribution in [0.3, 0.4) is 0 Å². The third kappa shape index (κ3) is 2.74. The van der Waals surface area contributed by atoms with Gasteiger partial charge in [0, 0.05) is 16.8 Å². The van der Waals surface area contributed by atoms with E-state index in [1.165, 1.54) is 4.90 Å². The number of anilines is 2. The van der Waals surface area contributed by atoms with Crippen LogP contribution in [0, 0.1) is 13.8 Å². The van der Waals surface area contributed by atoms with Crippen LogP contribution in [-0.4, -0.2) is 23.7 Å². The number of carbonyl (C=O) groups excluding carboxylic acids is 2. The van der Waals surface area contributed by atoms with Gasteiger partial charge in [0.1, 0.15) is 5.84 Å². The van der Waals surface area contributed by atoms with E-state index in [1.807, 2.05) is 50.2 Å². The summed E-state index contributed by atoms with van der Waals surface area (Å²) in [4.78, 5) is 32.6. The lowest BCUT2D eigenvalue weighted by molar-refractivity contribution is 0.0871. The summed E-state index contributed by atoms with van der Waals surface area (Å²) in [6, 6.07) is 20.7. The quantitative estimate of drug-likeness (QED) is 0.682. The molecule has 3 aromatic carbocycles. The lowest BCUT2D eigenvalue weighted by Crippen LogP contribution is -2.52. The summed E-state index contributed by atoms with van der Waals surface area (Å²) in [7, 11) is 0. The standard InChI is InChI=1S/C24H19N3O2/c1-14-11-15(2)13-16(12-14)25-22-19-9-5-6-10-20(19)27-23(26-22)21(28)17-7-3-4-8-18(17)24(27)29/h3-13,23H,1-2H3,(H,25,26). The molecule has 0 spiro atoms. The molecule has 5 heteroatoms. The van der Waals surface area contributed by atoms with Crippen molar-refractivity contribution in [3.63, 3.8) is 0 Å². The molecular weight excluding hydrogens is 362 g/mol. The lowest BCUT2D eigenvalue weighted by Gasteiger charge is -2.37. The molecule has 142 valence electrons. The molecule has 2 heterocycles. The van der Waals surface area contributed by atoms with Crippen molar-refractivity contribution < 1.29 is 9.59 Å². The molecule has 1 N–H and O–H groups in total. The van der Waals surface area contributed by atoms with Crippen LogP contribution in [0.2, 0.25) is 0 Å². The van der Waals surface area contributed by atoms with Crippen molar-refractivity contribution in [3.8, 4) is 0 Å². The van der Waals surface area contributed by atoms with Crippen molar-refractivity contribution >= 4 is 28.9 Å². The first-order valence-electron chi connectivity index (χ1n) is 9.52. The SMILES string of the molecule is Cc1cc(C)cc(NC2=NC3C(=O)c4ccccc4C(=O)N3c3ccccc32)c1. The highest BCUT2D eigenvalue weighted by atomic mass is 16.2. The van der Waals surface area contributed by atoms with Gasteiger partial charge in [0.25, 0.3) is 5.91 Å². The van der Waals surface area contributed by atoms with Crippen molar-refractivity contribution in [1.82, 2.24) is 0 Å². The van der Waals surface area contributed by atoms with Crippen LogP contribution in [-0.2, 0) is 0 Å². The molecule has 3 aromatic rings. The molecule has 2 aliphatic rings. The fourth-order valence-electron chi connectivity index (χ4n) is 4.10. The van der Waals surface area contributed by atoms with Gasteiger partial charge in [0.05, 0.1) is 11.3 Å². The number of amides is 1. The van der Waals surface area contributed by atoms with E-state index in [2.05, 4.69) is 11.4 Å². The number of hydrogen-bond donors (Lipinski definition) is 1. The molecule has 1 unspecified atom stereocenters. The zero-order valence-corrected chi connectivity index (χ0v) is 16.1. The van der Waals surface area contributed by atoms with Gasteiger partial charge in [-0.3, -0.25) is 14.5 Å². The van der Waals surface area contributed by atoms with Crippen molar-refractivity contribution in [2.24, 2.45) is 4.99 Å².